The molecule has 1 aromatic heterocycles. The summed E-state index contributed by atoms with van der Waals surface area (Å²) in [5.41, 5.74) is 1.75. The van der Waals surface area contributed by atoms with Gasteiger partial charge in [0.2, 0.25) is 0 Å². The van der Waals surface area contributed by atoms with E-state index in [9.17, 15) is 18.3 Å². The molecule has 25 heavy (non-hydrogen) atoms. The average Bonchev–Trinajstić information content (AvgIpc) is 2.49. The van der Waals surface area contributed by atoms with E-state index in [4.69, 9.17) is 0 Å². The number of rotatable bonds is 5. The lowest BCUT2D eigenvalue weighted by Crippen LogP contribution is -2.32. The highest BCUT2D eigenvalue weighted by atomic mass is 19.4. The van der Waals surface area contributed by atoms with Gasteiger partial charge in [0.15, 0.2) is 0 Å². The number of hydrogen-bond donors (Lipinski definition) is 2. The van der Waals surface area contributed by atoms with E-state index < -0.39 is 18.2 Å². The van der Waals surface area contributed by atoms with Gasteiger partial charge in [-0.15, -0.1) is 0 Å². The van der Waals surface area contributed by atoms with Gasteiger partial charge in [-0.3, -0.25) is 0 Å². The molecule has 2 N–H and O–H groups in total. The van der Waals surface area contributed by atoms with Crippen molar-refractivity contribution in [3.8, 4) is 0 Å². The molecule has 0 amide bonds. The predicted octanol–water partition coefficient (Wildman–Crippen LogP) is 5.18. The standard InChI is InChI=1S/C19H29F3N2O/c1-5-6-7-16(25)15-11-12-10-13(19(20,21)22)8-9-14(12)17(23-15)24-18(2,3)4/h11,13,16,25H,5-10H2,1-4H3,(H,23,24). The number of nitrogens with one attached hydrogen (secondary N) is 1. The number of halogens is 3. The zero-order valence-corrected chi connectivity index (χ0v) is 15.5. The highest BCUT2D eigenvalue weighted by Crippen LogP contribution is 2.40. The third-order valence-corrected chi connectivity index (χ3v) is 4.57. The van der Waals surface area contributed by atoms with Crippen molar-refractivity contribution >= 4 is 5.82 Å². The van der Waals surface area contributed by atoms with Crippen molar-refractivity contribution in [3.63, 3.8) is 0 Å². The van der Waals surface area contributed by atoms with Crippen LogP contribution in [-0.4, -0.2) is 21.8 Å². The van der Waals surface area contributed by atoms with Crippen LogP contribution < -0.4 is 5.32 Å². The monoisotopic (exact) mass is 358 g/mol. The molecule has 2 atom stereocenters. The number of alkyl halides is 3. The number of aliphatic hydroxyl groups is 1. The molecule has 2 rings (SSSR count). The molecular weight excluding hydrogens is 329 g/mol. The molecular formula is C19H29F3N2O. The number of hydrogen-bond acceptors (Lipinski definition) is 3. The highest BCUT2D eigenvalue weighted by molar-refractivity contribution is 5.52. The minimum absolute atomic E-state index is 0.0341. The van der Waals surface area contributed by atoms with E-state index >= 15 is 0 Å². The van der Waals surface area contributed by atoms with Crippen molar-refractivity contribution in [3.05, 3.63) is 22.9 Å². The summed E-state index contributed by atoms with van der Waals surface area (Å²) >= 11 is 0. The first-order valence-electron chi connectivity index (χ1n) is 9.07. The van der Waals surface area contributed by atoms with Crippen LogP contribution in [-0.2, 0) is 12.8 Å². The lowest BCUT2D eigenvalue weighted by Gasteiger charge is -2.31. The number of anilines is 1. The predicted molar refractivity (Wildman–Crippen MR) is 93.7 cm³/mol. The molecule has 1 aromatic rings. The summed E-state index contributed by atoms with van der Waals surface area (Å²) in [6.45, 7) is 8.00. The number of unbranched alkanes of at least 4 members (excludes halogenated alkanes) is 1. The maximum Gasteiger partial charge on any atom is 0.392 e. The number of aliphatic hydroxyl groups excluding tert-OH is 1. The quantitative estimate of drug-likeness (QED) is 0.762. The van der Waals surface area contributed by atoms with E-state index in [0.29, 0.717) is 29.9 Å². The van der Waals surface area contributed by atoms with Gasteiger partial charge in [-0.25, -0.2) is 4.98 Å². The molecule has 0 saturated carbocycles. The Labute approximate surface area is 148 Å². The van der Waals surface area contributed by atoms with Gasteiger partial charge >= 0.3 is 6.18 Å². The van der Waals surface area contributed by atoms with Gasteiger partial charge < -0.3 is 10.4 Å². The Bertz CT molecular complexity index is 594. The third kappa shape index (κ3) is 5.33. The molecule has 3 nitrogen and oxygen atoms in total. The van der Waals surface area contributed by atoms with Crippen LogP contribution in [0.4, 0.5) is 19.0 Å². The SMILES string of the molecule is CCCCC(O)c1cc2c(c(NC(C)(C)C)n1)CCC(C(F)(F)F)C2. The highest BCUT2D eigenvalue weighted by Gasteiger charge is 2.42. The largest absolute Gasteiger partial charge is 0.392 e. The molecule has 0 saturated heterocycles. The molecule has 6 heteroatoms. The molecule has 0 aliphatic heterocycles. The summed E-state index contributed by atoms with van der Waals surface area (Å²) in [6.07, 6.45) is -2.13. The van der Waals surface area contributed by atoms with Crippen molar-refractivity contribution in [2.24, 2.45) is 5.92 Å². The Morgan fingerprint density at radius 3 is 2.56 bits per heavy atom. The summed E-state index contributed by atoms with van der Waals surface area (Å²) in [5, 5.41) is 13.7. The second kappa shape index (κ2) is 7.52. The van der Waals surface area contributed by atoms with E-state index in [-0.39, 0.29) is 18.4 Å². The van der Waals surface area contributed by atoms with Gasteiger partial charge in [0.1, 0.15) is 5.82 Å². The lowest BCUT2D eigenvalue weighted by molar-refractivity contribution is -0.177. The number of aromatic nitrogens is 1. The maximum absolute atomic E-state index is 13.2. The van der Waals surface area contributed by atoms with Crippen molar-refractivity contribution in [1.82, 2.24) is 4.98 Å². The van der Waals surface area contributed by atoms with Gasteiger partial charge in [0.25, 0.3) is 0 Å². The topological polar surface area (TPSA) is 45.1 Å². The van der Waals surface area contributed by atoms with E-state index in [1.54, 1.807) is 6.07 Å². The lowest BCUT2D eigenvalue weighted by atomic mass is 9.83. The molecule has 0 radical (unpaired) electrons. The van der Waals surface area contributed by atoms with Gasteiger partial charge in [-0.1, -0.05) is 19.8 Å². The Morgan fingerprint density at radius 2 is 2.00 bits per heavy atom. The molecule has 2 unspecified atom stereocenters. The molecule has 0 bridgehead atoms. The van der Waals surface area contributed by atoms with Gasteiger partial charge in [0, 0.05) is 5.54 Å². The smallest absolute Gasteiger partial charge is 0.387 e. The summed E-state index contributed by atoms with van der Waals surface area (Å²) < 4.78 is 39.5. The van der Waals surface area contributed by atoms with E-state index in [0.717, 1.165) is 18.4 Å². The molecule has 0 fully saturated rings. The van der Waals surface area contributed by atoms with Crippen LogP contribution in [0.25, 0.3) is 0 Å². The van der Waals surface area contributed by atoms with Crippen molar-refractivity contribution in [2.45, 2.75) is 84.0 Å². The van der Waals surface area contributed by atoms with E-state index in [1.165, 1.54) is 0 Å². The summed E-state index contributed by atoms with van der Waals surface area (Å²) in [5.74, 6) is -0.693. The summed E-state index contributed by atoms with van der Waals surface area (Å²) in [7, 11) is 0. The number of pyridine rings is 1. The Hall–Kier alpha value is -1.30. The first-order valence-corrected chi connectivity index (χ1v) is 9.07. The van der Waals surface area contributed by atoms with Crippen molar-refractivity contribution in [1.29, 1.82) is 0 Å². The minimum atomic E-state index is -4.18. The molecule has 1 aliphatic rings. The van der Waals surface area contributed by atoms with Crippen LogP contribution >= 0.6 is 0 Å². The maximum atomic E-state index is 13.2. The van der Waals surface area contributed by atoms with Crippen molar-refractivity contribution in [2.75, 3.05) is 5.32 Å². The van der Waals surface area contributed by atoms with Crippen LogP contribution in [0.2, 0.25) is 0 Å². The molecule has 142 valence electrons. The van der Waals surface area contributed by atoms with Gasteiger partial charge in [-0.2, -0.15) is 13.2 Å². The molecule has 1 heterocycles. The minimum Gasteiger partial charge on any atom is -0.387 e. The Morgan fingerprint density at radius 1 is 1.32 bits per heavy atom. The molecule has 0 spiro atoms. The second-order valence-electron chi connectivity index (χ2n) is 8.05. The van der Waals surface area contributed by atoms with E-state index in [1.807, 2.05) is 27.7 Å². The summed E-state index contributed by atoms with van der Waals surface area (Å²) in [4.78, 5) is 4.57. The van der Waals surface area contributed by atoms with E-state index in [2.05, 4.69) is 10.3 Å². The van der Waals surface area contributed by atoms with Crippen LogP contribution in [0, 0.1) is 5.92 Å². The first-order chi connectivity index (χ1) is 11.5. The fraction of sp³-hybridized carbons (Fsp3) is 0.737. The Kier molecular flexibility index (Phi) is 6.02. The van der Waals surface area contributed by atoms with Crippen LogP contribution in [0.15, 0.2) is 6.07 Å². The Balaban J connectivity index is 2.39. The fourth-order valence-corrected chi connectivity index (χ4v) is 3.25. The average molecular weight is 358 g/mol. The fourth-order valence-electron chi connectivity index (χ4n) is 3.25. The van der Waals surface area contributed by atoms with Crippen molar-refractivity contribution < 1.29 is 18.3 Å². The zero-order valence-electron chi connectivity index (χ0n) is 15.5. The number of nitrogens with zero attached hydrogens (tertiary/aromatic N) is 1. The number of fused-ring (bicyclic) bond motifs is 1. The van der Waals surface area contributed by atoms with Crippen LogP contribution in [0.3, 0.4) is 0 Å². The normalized spacial score (nSPS) is 19.4. The van der Waals surface area contributed by atoms with Gasteiger partial charge in [-0.05, 0) is 63.6 Å². The van der Waals surface area contributed by atoms with Crippen LogP contribution in [0.5, 0.6) is 0 Å². The first kappa shape index (κ1) is 20.0. The van der Waals surface area contributed by atoms with Crippen LogP contribution in [0.1, 0.15) is 76.3 Å². The van der Waals surface area contributed by atoms with Gasteiger partial charge in [0.05, 0.1) is 17.7 Å². The summed E-state index contributed by atoms with van der Waals surface area (Å²) in [6, 6.07) is 1.68. The second-order valence-corrected chi connectivity index (χ2v) is 8.05. The zero-order chi connectivity index (χ0) is 18.8. The third-order valence-electron chi connectivity index (χ3n) is 4.57. The molecule has 0 aromatic carbocycles. The molecule has 1 aliphatic carbocycles.